The number of para-hydroxylation sites is 1. The van der Waals surface area contributed by atoms with Gasteiger partial charge >= 0.3 is 0 Å². The normalized spacial score (nSPS) is 11.5. The first-order valence-corrected chi connectivity index (χ1v) is 11.6. The Labute approximate surface area is 150 Å². The summed E-state index contributed by atoms with van der Waals surface area (Å²) in [5.74, 6) is -1.45. The maximum absolute atomic E-state index is 14.4. The summed E-state index contributed by atoms with van der Waals surface area (Å²) in [5.41, 5.74) is -0.128. The van der Waals surface area contributed by atoms with Gasteiger partial charge in [-0.1, -0.05) is 31.8 Å². The monoisotopic (exact) mass is 370 g/mol. The zero-order valence-corrected chi connectivity index (χ0v) is 15.7. The van der Waals surface area contributed by atoms with Gasteiger partial charge in [-0.25, -0.2) is 4.39 Å². The number of H-pyrrole nitrogens is 1. The summed E-state index contributed by atoms with van der Waals surface area (Å²) >= 11 is 0. The molecule has 3 rings (SSSR count). The molecule has 0 unspecified atom stereocenters. The van der Waals surface area contributed by atoms with Gasteiger partial charge in [0, 0.05) is 23.2 Å². The van der Waals surface area contributed by atoms with E-state index in [0.717, 1.165) is 0 Å². The van der Waals surface area contributed by atoms with Crippen molar-refractivity contribution in [2.75, 3.05) is 5.32 Å². The lowest BCUT2D eigenvalue weighted by Crippen LogP contribution is -2.38. The van der Waals surface area contributed by atoms with Crippen LogP contribution in [-0.4, -0.2) is 24.1 Å². The maximum atomic E-state index is 14.4. The largest absolute Gasteiger partial charge is 0.508 e. The van der Waals surface area contributed by atoms with Gasteiger partial charge in [-0.3, -0.25) is 9.59 Å². The van der Waals surface area contributed by atoms with E-state index < -0.39 is 25.2 Å². The van der Waals surface area contributed by atoms with Crippen LogP contribution in [0.2, 0.25) is 19.6 Å². The van der Waals surface area contributed by atoms with E-state index in [9.17, 15) is 19.1 Å². The highest BCUT2D eigenvalue weighted by molar-refractivity contribution is 6.89. The Hall–Kier alpha value is -2.93. The number of carbonyl (C=O) groups excluding carboxylic acids is 1. The molecule has 2 aromatic carbocycles. The number of phenols is 1. The van der Waals surface area contributed by atoms with Gasteiger partial charge in [0.15, 0.2) is 0 Å². The van der Waals surface area contributed by atoms with E-state index in [1.54, 1.807) is 24.3 Å². The van der Waals surface area contributed by atoms with Gasteiger partial charge in [-0.05, 0) is 23.4 Å². The van der Waals surface area contributed by atoms with Crippen LogP contribution in [0.25, 0.3) is 10.9 Å². The Morgan fingerprint density at radius 3 is 2.58 bits per heavy atom. The summed E-state index contributed by atoms with van der Waals surface area (Å²) in [5, 5.41) is 13.5. The molecule has 1 amide bonds. The standard InChI is InChI=1S/C19H19FN2O3Si/c1-26(2,3)17-8-13(20)15(9-16(17)23)22-19(25)12-10-21-14-7-5-4-6-11(14)18(12)24/h4-10,23H,1-3H3,(H,21,24)(H,22,25). The van der Waals surface area contributed by atoms with E-state index in [2.05, 4.69) is 10.3 Å². The zero-order chi connectivity index (χ0) is 19.1. The molecule has 0 saturated carbocycles. The van der Waals surface area contributed by atoms with Crippen LogP contribution < -0.4 is 15.9 Å². The average Bonchev–Trinajstić information content (AvgIpc) is 2.57. The van der Waals surface area contributed by atoms with Crippen LogP contribution in [0.5, 0.6) is 5.75 Å². The SMILES string of the molecule is C[Si](C)(C)c1cc(F)c(NC(=O)c2c[nH]c3ccccc3c2=O)cc1O. The molecule has 0 aliphatic rings. The molecule has 0 aliphatic heterocycles. The molecular formula is C19H19FN2O3Si. The lowest BCUT2D eigenvalue weighted by atomic mass is 10.1. The third kappa shape index (κ3) is 3.25. The van der Waals surface area contributed by atoms with E-state index in [0.29, 0.717) is 16.1 Å². The molecule has 0 aliphatic carbocycles. The average molecular weight is 370 g/mol. The third-order valence-electron chi connectivity index (χ3n) is 4.17. The Morgan fingerprint density at radius 1 is 1.19 bits per heavy atom. The maximum Gasteiger partial charge on any atom is 0.261 e. The molecule has 3 aromatic rings. The molecule has 0 radical (unpaired) electrons. The minimum atomic E-state index is -1.93. The highest BCUT2D eigenvalue weighted by atomic mass is 28.3. The summed E-state index contributed by atoms with van der Waals surface area (Å²) in [6, 6.07) is 9.26. The van der Waals surface area contributed by atoms with E-state index in [1.807, 2.05) is 19.6 Å². The van der Waals surface area contributed by atoms with Crippen LogP contribution in [0, 0.1) is 5.82 Å². The molecule has 26 heavy (non-hydrogen) atoms. The second-order valence-corrected chi connectivity index (χ2v) is 12.2. The van der Waals surface area contributed by atoms with Crippen molar-refractivity contribution < 1.29 is 14.3 Å². The highest BCUT2D eigenvalue weighted by Crippen LogP contribution is 2.22. The van der Waals surface area contributed by atoms with Crippen LogP contribution in [-0.2, 0) is 0 Å². The van der Waals surface area contributed by atoms with Crippen LogP contribution in [0.3, 0.4) is 0 Å². The van der Waals surface area contributed by atoms with Crippen molar-refractivity contribution in [1.29, 1.82) is 0 Å². The number of amides is 1. The van der Waals surface area contributed by atoms with E-state index in [1.165, 1.54) is 18.3 Å². The van der Waals surface area contributed by atoms with Crippen molar-refractivity contribution in [1.82, 2.24) is 4.98 Å². The third-order valence-corrected chi connectivity index (χ3v) is 6.19. The quantitative estimate of drug-likeness (QED) is 0.619. The highest BCUT2D eigenvalue weighted by Gasteiger charge is 2.23. The molecule has 3 N–H and O–H groups in total. The summed E-state index contributed by atoms with van der Waals surface area (Å²) in [4.78, 5) is 27.8. The van der Waals surface area contributed by atoms with Gasteiger partial charge in [-0.15, -0.1) is 0 Å². The van der Waals surface area contributed by atoms with Crippen molar-refractivity contribution in [3.8, 4) is 5.75 Å². The van der Waals surface area contributed by atoms with Gasteiger partial charge < -0.3 is 15.4 Å². The number of hydrogen-bond donors (Lipinski definition) is 3. The number of carbonyl (C=O) groups is 1. The zero-order valence-electron chi connectivity index (χ0n) is 14.7. The Kier molecular flexibility index (Phi) is 4.41. The van der Waals surface area contributed by atoms with Gasteiger partial charge in [0.1, 0.15) is 17.1 Å². The first-order chi connectivity index (χ1) is 12.2. The predicted octanol–water partition coefficient (Wildman–Crippen LogP) is 3.17. The first-order valence-electron chi connectivity index (χ1n) is 8.13. The molecule has 7 heteroatoms. The fourth-order valence-corrected chi connectivity index (χ4v) is 4.18. The number of nitrogens with one attached hydrogen (secondary N) is 2. The van der Waals surface area contributed by atoms with Crippen LogP contribution in [0.4, 0.5) is 10.1 Å². The van der Waals surface area contributed by atoms with Gasteiger partial charge in [0.05, 0.1) is 13.8 Å². The molecular weight excluding hydrogens is 351 g/mol. The van der Waals surface area contributed by atoms with E-state index in [4.69, 9.17) is 0 Å². The summed E-state index contributed by atoms with van der Waals surface area (Å²) in [6.07, 6.45) is 1.30. The minimum Gasteiger partial charge on any atom is -0.508 e. The molecule has 5 nitrogen and oxygen atoms in total. The van der Waals surface area contributed by atoms with Crippen LogP contribution in [0.1, 0.15) is 10.4 Å². The molecule has 0 fully saturated rings. The lowest BCUT2D eigenvalue weighted by molar-refractivity contribution is 0.102. The summed E-state index contributed by atoms with van der Waals surface area (Å²) in [6.45, 7) is 5.94. The van der Waals surface area contributed by atoms with Crippen molar-refractivity contribution in [2.45, 2.75) is 19.6 Å². The fourth-order valence-electron chi connectivity index (χ4n) is 2.78. The number of anilines is 1. The Morgan fingerprint density at radius 2 is 1.88 bits per heavy atom. The van der Waals surface area contributed by atoms with Crippen LogP contribution in [0.15, 0.2) is 47.4 Å². The number of benzene rings is 2. The Bertz CT molecular complexity index is 1070. The molecule has 1 aromatic heterocycles. The lowest BCUT2D eigenvalue weighted by Gasteiger charge is -2.19. The molecule has 0 spiro atoms. The first kappa shape index (κ1) is 17.9. The van der Waals surface area contributed by atoms with Crippen molar-refractivity contribution >= 4 is 35.8 Å². The second-order valence-electron chi connectivity index (χ2n) is 7.13. The molecule has 0 saturated heterocycles. The molecule has 1 heterocycles. The summed E-state index contributed by atoms with van der Waals surface area (Å²) < 4.78 is 14.4. The number of hydrogen-bond acceptors (Lipinski definition) is 3. The topological polar surface area (TPSA) is 82.2 Å². The van der Waals surface area contributed by atoms with Gasteiger partial charge in [0.2, 0.25) is 5.43 Å². The van der Waals surface area contributed by atoms with Crippen molar-refractivity contribution in [3.05, 3.63) is 64.2 Å². The van der Waals surface area contributed by atoms with E-state index in [-0.39, 0.29) is 17.0 Å². The minimum absolute atomic E-state index is 0.0618. The number of rotatable bonds is 3. The Balaban J connectivity index is 1.98. The van der Waals surface area contributed by atoms with E-state index >= 15 is 0 Å². The molecule has 0 bridgehead atoms. The molecule has 0 atom stereocenters. The number of fused-ring (bicyclic) bond motifs is 1. The smallest absolute Gasteiger partial charge is 0.261 e. The fraction of sp³-hybridized carbons (Fsp3) is 0.158. The number of aromatic amines is 1. The number of aromatic hydroxyl groups is 1. The second kappa shape index (κ2) is 6.42. The van der Waals surface area contributed by atoms with Crippen molar-refractivity contribution in [3.63, 3.8) is 0 Å². The van der Waals surface area contributed by atoms with Gasteiger partial charge in [-0.2, -0.15) is 0 Å². The molecule has 134 valence electrons. The number of pyridine rings is 1. The van der Waals surface area contributed by atoms with Crippen LogP contribution >= 0.6 is 0 Å². The number of aromatic nitrogens is 1. The van der Waals surface area contributed by atoms with Crippen molar-refractivity contribution in [2.24, 2.45) is 0 Å². The van der Waals surface area contributed by atoms with Gasteiger partial charge in [0.25, 0.3) is 5.91 Å². The summed E-state index contributed by atoms with van der Waals surface area (Å²) in [7, 11) is -1.93. The number of halogens is 1. The predicted molar refractivity (Wildman–Crippen MR) is 104 cm³/mol. The number of phenolic OH excluding ortho intramolecular Hbond substituents is 1.